The van der Waals surface area contributed by atoms with Crippen molar-refractivity contribution in [2.75, 3.05) is 29.2 Å². The molecule has 32 heavy (non-hydrogen) atoms. The summed E-state index contributed by atoms with van der Waals surface area (Å²) in [5, 5.41) is 2.89. The van der Waals surface area contributed by atoms with Gasteiger partial charge in [0.2, 0.25) is 10.0 Å². The van der Waals surface area contributed by atoms with Crippen LogP contribution in [0.25, 0.3) is 0 Å². The maximum atomic E-state index is 13.3. The van der Waals surface area contributed by atoms with Gasteiger partial charge in [0, 0.05) is 16.0 Å². The second-order valence-corrected chi connectivity index (χ2v) is 9.68. The molecule has 3 aromatic rings. The third-order valence-electron chi connectivity index (χ3n) is 4.73. The van der Waals surface area contributed by atoms with E-state index in [0.717, 1.165) is 15.5 Å². The summed E-state index contributed by atoms with van der Waals surface area (Å²) in [4.78, 5) is 13.8. The predicted molar refractivity (Wildman–Crippen MR) is 127 cm³/mol. The number of rotatable bonds is 8. The Labute approximate surface area is 191 Å². The topological polar surface area (TPSA) is 75.7 Å². The Morgan fingerprint density at radius 1 is 1.09 bits per heavy atom. The van der Waals surface area contributed by atoms with Crippen LogP contribution in [0, 0.1) is 5.82 Å². The number of thioether (sulfide) groups is 1. The van der Waals surface area contributed by atoms with Gasteiger partial charge < -0.3 is 10.1 Å². The van der Waals surface area contributed by atoms with Crippen LogP contribution in [0.2, 0.25) is 0 Å². The van der Waals surface area contributed by atoms with Crippen LogP contribution in [0.15, 0.2) is 71.6 Å². The number of nitrogens with one attached hydrogen (secondary N) is 1. The fourth-order valence-corrected chi connectivity index (χ4v) is 4.58. The summed E-state index contributed by atoms with van der Waals surface area (Å²) in [7, 11) is -2.22. The molecule has 3 aromatic carbocycles. The first kappa shape index (κ1) is 23.6. The predicted octanol–water partition coefficient (Wildman–Crippen LogP) is 4.77. The molecule has 0 fully saturated rings. The zero-order valence-electron chi connectivity index (χ0n) is 17.8. The van der Waals surface area contributed by atoms with E-state index in [9.17, 15) is 17.6 Å². The molecule has 0 aromatic heterocycles. The summed E-state index contributed by atoms with van der Waals surface area (Å²) in [6.07, 6.45) is 2.99. The number of hydrogen-bond donors (Lipinski definition) is 1. The lowest BCUT2D eigenvalue weighted by Crippen LogP contribution is -2.29. The molecule has 6 nitrogen and oxygen atoms in total. The van der Waals surface area contributed by atoms with Crippen molar-refractivity contribution in [1.29, 1.82) is 0 Å². The molecule has 1 N–H and O–H groups in total. The lowest BCUT2D eigenvalue weighted by molar-refractivity contribution is 0.102. The normalized spacial score (nSPS) is 11.1. The zero-order chi connectivity index (χ0) is 23.3. The van der Waals surface area contributed by atoms with Gasteiger partial charge in [-0.1, -0.05) is 12.1 Å². The maximum Gasteiger partial charge on any atom is 0.255 e. The van der Waals surface area contributed by atoms with Crippen molar-refractivity contribution < 1.29 is 22.3 Å². The summed E-state index contributed by atoms with van der Waals surface area (Å²) in [5.41, 5.74) is 1.84. The Morgan fingerprint density at radius 2 is 1.78 bits per heavy atom. The van der Waals surface area contributed by atoms with E-state index in [0.29, 0.717) is 28.3 Å². The van der Waals surface area contributed by atoms with E-state index >= 15 is 0 Å². The Morgan fingerprint density at radius 3 is 2.41 bits per heavy atom. The van der Waals surface area contributed by atoms with Gasteiger partial charge in [-0.15, -0.1) is 11.8 Å². The maximum absolute atomic E-state index is 13.3. The Hall–Kier alpha value is -3.04. The molecule has 0 aliphatic heterocycles. The minimum absolute atomic E-state index is 0.0871. The van der Waals surface area contributed by atoms with Gasteiger partial charge in [-0.2, -0.15) is 0 Å². The zero-order valence-corrected chi connectivity index (χ0v) is 19.5. The van der Waals surface area contributed by atoms with Crippen LogP contribution in [0.5, 0.6) is 5.75 Å². The van der Waals surface area contributed by atoms with Crippen molar-refractivity contribution in [3.63, 3.8) is 0 Å². The van der Waals surface area contributed by atoms with Gasteiger partial charge in [-0.25, -0.2) is 12.8 Å². The number of amides is 1. The standard InChI is InChI=1S/C23H23FN2O4S2/c1-30-21-13-8-16(23(27)25-20-6-4-5-7-22(20)31-2)14-17(21)15-26(32(3,28)29)19-11-9-18(24)10-12-19/h4-14H,15H2,1-3H3,(H,25,27). The fourth-order valence-electron chi connectivity index (χ4n) is 3.15. The highest BCUT2D eigenvalue weighted by Crippen LogP contribution is 2.28. The van der Waals surface area contributed by atoms with Crippen molar-refractivity contribution in [1.82, 2.24) is 0 Å². The molecule has 0 saturated carbocycles. The van der Waals surface area contributed by atoms with Crippen LogP contribution in [0.4, 0.5) is 15.8 Å². The summed E-state index contributed by atoms with van der Waals surface area (Å²) in [5.74, 6) is -0.367. The van der Waals surface area contributed by atoms with Crippen LogP contribution < -0.4 is 14.4 Å². The highest BCUT2D eigenvalue weighted by molar-refractivity contribution is 7.98. The number of hydrogen-bond acceptors (Lipinski definition) is 5. The summed E-state index contributed by atoms with van der Waals surface area (Å²) < 4.78 is 44.8. The molecule has 0 spiro atoms. The quantitative estimate of drug-likeness (QED) is 0.476. The van der Waals surface area contributed by atoms with Crippen LogP contribution >= 0.6 is 11.8 Å². The van der Waals surface area contributed by atoms with Gasteiger partial charge in [0.1, 0.15) is 11.6 Å². The SMILES string of the molecule is COc1ccc(C(=O)Nc2ccccc2SC)cc1CN(c1ccc(F)cc1)S(C)(=O)=O. The number of anilines is 2. The van der Waals surface area contributed by atoms with E-state index in [1.165, 1.54) is 43.1 Å². The largest absolute Gasteiger partial charge is 0.496 e. The van der Waals surface area contributed by atoms with E-state index in [1.807, 2.05) is 30.5 Å². The van der Waals surface area contributed by atoms with E-state index in [4.69, 9.17) is 4.74 Å². The van der Waals surface area contributed by atoms with Gasteiger partial charge >= 0.3 is 0 Å². The molecular weight excluding hydrogens is 451 g/mol. The van der Waals surface area contributed by atoms with Crippen LogP contribution in [-0.4, -0.2) is 33.9 Å². The molecule has 1 amide bonds. The number of nitrogens with zero attached hydrogens (tertiary/aromatic N) is 1. The number of carbonyl (C=O) groups is 1. The monoisotopic (exact) mass is 474 g/mol. The summed E-state index contributed by atoms with van der Waals surface area (Å²) in [6.45, 7) is -0.0871. The van der Waals surface area contributed by atoms with Gasteiger partial charge in [0.15, 0.2) is 0 Å². The summed E-state index contributed by atoms with van der Waals surface area (Å²) >= 11 is 1.52. The van der Waals surface area contributed by atoms with E-state index in [2.05, 4.69) is 5.32 Å². The van der Waals surface area contributed by atoms with Crippen molar-refractivity contribution in [2.45, 2.75) is 11.4 Å². The molecule has 0 aliphatic carbocycles. The molecule has 0 unspecified atom stereocenters. The number of ether oxygens (including phenoxy) is 1. The molecule has 0 saturated heterocycles. The first-order valence-corrected chi connectivity index (χ1v) is 12.6. The molecule has 3 rings (SSSR count). The third-order valence-corrected chi connectivity index (χ3v) is 6.66. The van der Waals surface area contributed by atoms with Crippen molar-refractivity contribution in [3.05, 3.63) is 83.7 Å². The molecule has 0 radical (unpaired) electrons. The van der Waals surface area contributed by atoms with Crippen molar-refractivity contribution in [2.24, 2.45) is 0 Å². The molecule has 0 aliphatic rings. The molecule has 0 atom stereocenters. The second-order valence-electron chi connectivity index (χ2n) is 6.93. The van der Waals surface area contributed by atoms with Gasteiger partial charge in [0.25, 0.3) is 5.91 Å². The molecule has 0 heterocycles. The number of carbonyl (C=O) groups excluding carboxylic acids is 1. The van der Waals surface area contributed by atoms with Gasteiger partial charge in [-0.05, 0) is 60.9 Å². The number of sulfonamides is 1. The van der Waals surface area contributed by atoms with Gasteiger partial charge in [0.05, 0.1) is 31.3 Å². The van der Waals surface area contributed by atoms with Crippen LogP contribution in [-0.2, 0) is 16.6 Å². The highest BCUT2D eigenvalue weighted by atomic mass is 32.2. The number of methoxy groups -OCH3 is 1. The van der Waals surface area contributed by atoms with E-state index in [1.54, 1.807) is 18.2 Å². The lowest BCUT2D eigenvalue weighted by Gasteiger charge is -2.24. The minimum Gasteiger partial charge on any atom is -0.496 e. The number of benzene rings is 3. The molecule has 9 heteroatoms. The smallest absolute Gasteiger partial charge is 0.255 e. The molecular formula is C23H23FN2O4S2. The van der Waals surface area contributed by atoms with E-state index < -0.39 is 15.8 Å². The third kappa shape index (κ3) is 5.60. The minimum atomic E-state index is -3.69. The average Bonchev–Trinajstić information content (AvgIpc) is 2.77. The van der Waals surface area contributed by atoms with Crippen LogP contribution in [0.1, 0.15) is 15.9 Å². The first-order chi connectivity index (χ1) is 15.2. The van der Waals surface area contributed by atoms with Crippen LogP contribution in [0.3, 0.4) is 0 Å². The lowest BCUT2D eigenvalue weighted by atomic mass is 10.1. The number of halogens is 1. The number of para-hydroxylation sites is 1. The summed E-state index contributed by atoms with van der Waals surface area (Å²) in [6, 6.07) is 17.4. The van der Waals surface area contributed by atoms with E-state index in [-0.39, 0.29) is 12.5 Å². The first-order valence-electron chi connectivity index (χ1n) is 9.57. The average molecular weight is 475 g/mol. The molecule has 0 bridgehead atoms. The Bertz CT molecular complexity index is 1210. The van der Waals surface area contributed by atoms with Gasteiger partial charge in [-0.3, -0.25) is 9.10 Å². The second kappa shape index (κ2) is 10.1. The fraction of sp³-hybridized carbons (Fsp3) is 0.174. The van der Waals surface area contributed by atoms with Crippen molar-refractivity contribution >= 4 is 39.1 Å². The Balaban J connectivity index is 1.94. The highest BCUT2D eigenvalue weighted by Gasteiger charge is 2.21. The molecule has 168 valence electrons. The van der Waals surface area contributed by atoms with Crippen molar-refractivity contribution in [3.8, 4) is 5.75 Å². The Kier molecular flexibility index (Phi) is 7.42.